The van der Waals surface area contributed by atoms with Crippen LogP contribution in [0.4, 0.5) is 5.69 Å². The molecule has 0 aliphatic carbocycles. The van der Waals surface area contributed by atoms with Crippen LogP contribution in [0.2, 0.25) is 0 Å². The molecule has 2 heterocycles. The minimum absolute atomic E-state index is 0.273. The van der Waals surface area contributed by atoms with Gasteiger partial charge in [0, 0.05) is 56.9 Å². The first-order valence-corrected chi connectivity index (χ1v) is 13.0. The van der Waals surface area contributed by atoms with Gasteiger partial charge in [0.15, 0.2) is 0 Å². The van der Waals surface area contributed by atoms with Crippen LogP contribution >= 0.6 is 0 Å². The van der Waals surface area contributed by atoms with Gasteiger partial charge in [-0.2, -0.15) is 0 Å². The highest BCUT2D eigenvalue weighted by molar-refractivity contribution is 5.99. The van der Waals surface area contributed by atoms with Crippen molar-refractivity contribution in [2.75, 3.05) is 38.1 Å². The van der Waals surface area contributed by atoms with Crippen LogP contribution < -0.4 is 10.4 Å². The molecule has 0 bridgehead atoms. The Morgan fingerprint density at radius 3 is 2.28 bits per heavy atom. The van der Waals surface area contributed by atoms with Gasteiger partial charge >= 0.3 is 0 Å². The van der Waals surface area contributed by atoms with E-state index >= 15 is 0 Å². The van der Waals surface area contributed by atoms with Gasteiger partial charge in [-0.15, -0.1) is 0 Å². The zero-order valence-corrected chi connectivity index (χ0v) is 23.8. The van der Waals surface area contributed by atoms with Crippen molar-refractivity contribution in [2.45, 2.75) is 54.9 Å². The zero-order valence-electron chi connectivity index (χ0n) is 23.8. The van der Waals surface area contributed by atoms with Gasteiger partial charge in [0.1, 0.15) is 11.8 Å². The zero-order chi connectivity index (χ0) is 26.8. The molecule has 0 amide bonds. The number of pyridine rings is 1. The van der Waals surface area contributed by atoms with E-state index in [1.165, 1.54) is 11.3 Å². The average molecular weight is 492 g/mol. The number of aromatic nitrogens is 1. The van der Waals surface area contributed by atoms with E-state index in [0.717, 1.165) is 66.9 Å². The molecule has 0 N–H and O–H groups in total. The number of piperazine rings is 1. The molecule has 1 aromatic heterocycles. The van der Waals surface area contributed by atoms with Crippen LogP contribution in [0.25, 0.3) is 0 Å². The Morgan fingerprint density at radius 1 is 1.08 bits per heavy atom. The van der Waals surface area contributed by atoms with Crippen LogP contribution in [0.1, 0.15) is 54.9 Å². The molecule has 196 valence electrons. The van der Waals surface area contributed by atoms with Gasteiger partial charge in [-0.05, 0) is 76.4 Å². The molecule has 1 saturated heterocycles. The lowest BCUT2D eigenvalue weighted by Crippen LogP contribution is -2.44. The number of carbonyl (C=O) groups excluding carboxylic acids is 1. The van der Waals surface area contributed by atoms with Crippen molar-refractivity contribution in [1.82, 2.24) is 9.47 Å². The Bertz CT molecular complexity index is 1140. The molecule has 1 aromatic rings. The number of hydrogen-bond acceptors (Lipinski definition) is 5. The Kier molecular flexibility index (Phi) is 11.3. The van der Waals surface area contributed by atoms with E-state index in [2.05, 4.69) is 69.8 Å². The van der Waals surface area contributed by atoms with Gasteiger partial charge in [-0.25, -0.2) is 4.99 Å². The minimum Gasteiger partial charge on any atom is -0.368 e. The molecule has 0 unspecified atom stereocenters. The SMILES string of the molecule is C\C=C(C)/N=C(C)\C(=C\C(C(=CC=O)N=c1ccc(N2CCN(C)CC2)cn1C)=C(\C)CC)C(C)C. The van der Waals surface area contributed by atoms with Crippen molar-refractivity contribution < 1.29 is 4.79 Å². The first-order valence-electron chi connectivity index (χ1n) is 13.0. The van der Waals surface area contributed by atoms with Crippen molar-refractivity contribution in [3.8, 4) is 0 Å². The smallest absolute Gasteiger partial charge is 0.145 e. The first kappa shape index (κ1) is 29.2. The molecule has 6 nitrogen and oxygen atoms in total. The number of aryl methyl sites for hydroxylation is 1. The number of carbonyl (C=O) groups is 1. The maximum atomic E-state index is 11.7. The van der Waals surface area contributed by atoms with Gasteiger partial charge in [0.05, 0.1) is 11.4 Å². The summed E-state index contributed by atoms with van der Waals surface area (Å²) in [7, 11) is 4.18. The highest BCUT2D eigenvalue weighted by Crippen LogP contribution is 2.25. The number of likely N-dealkylation sites (N-methyl/N-ethyl adjacent to an activating group) is 1. The lowest BCUT2D eigenvalue weighted by Gasteiger charge is -2.34. The molecule has 0 atom stereocenters. The second-order valence-corrected chi connectivity index (χ2v) is 9.88. The van der Waals surface area contributed by atoms with Crippen LogP contribution in [-0.4, -0.2) is 54.7 Å². The standard InChI is InChI=1S/C30H45N5O/c1-10-23(5)28(20-27(22(3)4)25(7)31-24(6)11-2)29(14-19-36)32-30-13-12-26(21-34(30)9)35-17-15-33(8)16-18-35/h11-14,19-22H,10,15-18H2,1-9H3/b24-11-,27-20+,28-23+,29-14?,31-25-,32-30?. The lowest BCUT2D eigenvalue weighted by atomic mass is 9.93. The summed E-state index contributed by atoms with van der Waals surface area (Å²) >= 11 is 0. The second kappa shape index (κ2) is 13.9. The molecule has 1 fully saturated rings. The second-order valence-electron chi connectivity index (χ2n) is 9.88. The monoisotopic (exact) mass is 491 g/mol. The third kappa shape index (κ3) is 8.02. The summed E-state index contributed by atoms with van der Waals surface area (Å²) in [5.74, 6) is 0.273. The highest BCUT2D eigenvalue weighted by atomic mass is 16.1. The summed E-state index contributed by atoms with van der Waals surface area (Å²) in [6.45, 7) is 18.8. The maximum absolute atomic E-state index is 11.7. The van der Waals surface area contributed by atoms with Gasteiger partial charge in [0.25, 0.3) is 0 Å². The molecule has 36 heavy (non-hydrogen) atoms. The van der Waals surface area contributed by atoms with Crippen molar-refractivity contribution in [1.29, 1.82) is 0 Å². The van der Waals surface area contributed by atoms with E-state index < -0.39 is 0 Å². The summed E-state index contributed by atoms with van der Waals surface area (Å²) in [6, 6.07) is 4.17. The van der Waals surface area contributed by atoms with Crippen LogP contribution in [0, 0.1) is 5.92 Å². The van der Waals surface area contributed by atoms with Crippen LogP contribution in [0.15, 0.2) is 74.7 Å². The third-order valence-corrected chi connectivity index (χ3v) is 6.79. The minimum atomic E-state index is 0.273. The predicted octanol–water partition coefficient (Wildman–Crippen LogP) is 5.45. The number of rotatable bonds is 9. The third-order valence-electron chi connectivity index (χ3n) is 6.79. The molecular formula is C30H45N5O. The maximum Gasteiger partial charge on any atom is 0.145 e. The van der Waals surface area contributed by atoms with Crippen molar-refractivity contribution >= 4 is 17.7 Å². The molecule has 0 radical (unpaired) electrons. The summed E-state index contributed by atoms with van der Waals surface area (Å²) in [6.07, 6.45) is 9.57. The number of nitrogens with zero attached hydrogens (tertiary/aromatic N) is 5. The Hall–Kier alpha value is -2.99. The van der Waals surface area contributed by atoms with Gasteiger partial charge in [-0.1, -0.05) is 32.4 Å². The van der Waals surface area contributed by atoms with Crippen molar-refractivity contribution in [3.05, 3.63) is 70.2 Å². The Labute approximate surface area is 218 Å². The van der Waals surface area contributed by atoms with E-state index in [1.54, 1.807) is 6.08 Å². The van der Waals surface area contributed by atoms with E-state index in [0.29, 0.717) is 5.70 Å². The van der Waals surface area contributed by atoms with Crippen LogP contribution in [0.3, 0.4) is 0 Å². The quantitative estimate of drug-likeness (QED) is 0.200. The van der Waals surface area contributed by atoms with Gasteiger partial charge < -0.3 is 14.4 Å². The highest BCUT2D eigenvalue weighted by Gasteiger charge is 2.15. The van der Waals surface area contributed by atoms with E-state index in [1.807, 2.05) is 37.6 Å². The molecule has 6 heteroatoms. The van der Waals surface area contributed by atoms with Crippen LogP contribution in [0.5, 0.6) is 0 Å². The van der Waals surface area contributed by atoms with E-state index in [9.17, 15) is 4.79 Å². The van der Waals surface area contributed by atoms with Crippen molar-refractivity contribution in [2.24, 2.45) is 23.0 Å². The molecular weight excluding hydrogens is 446 g/mol. The number of aldehydes is 1. The molecule has 2 rings (SSSR count). The number of anilines is 1. The molecule has 1 aliphatic heterocycles. The van der Waals surface area contributed by atoms with Gasteiger partial charge in [-0.3, -0.25) is 9.79 Å². The predicted molar refractivity (Wildman–Crippen MR) is 153 cm³/mol. The topological polar surface area (TPSA) is 53.2 Å². The first-order chi connectivity index (χ1) is 17.1. The number of hydrogen-bond donors (Lipinski definition) is 0. The summed E-state index contributed by atoms with van der Waals surface area (Å²) in [5, 5.41) is 0. The van der Waals surface area contributed by atoms with E-state index in [4.69, 9.17) is 9.98 Å². The Morgan fingerprint density at radius 2 is 1.75 bits per heavy atom. The fraction of sp³-hybridized carbons (Fsp3) is 0.500. The van der Waals surface area contributed by atoms with E-state index in [-0.39, 0.29) is 5.92 Å². The summed E-state index contributed by atoms with van der Waals surface area (Å²) in [4.78, 5) is 26.2. The largest absolute Gasteiger partial charge is 0.368 e. The van der Waals surface area contributed by atoms with Gasteiger partial charge in [0.2, 0.25) is 0 Å². The molecule has 1 aliphatic rings. The number of allylic oxidation sites excluding steroid dienone is 6. The average Bonchev–Trinajstić information content (AvgIpc) is 2.85. The summed E-state index contributed by atoms with van der Waals surface area (Å²) in [5.41, 5.74) is 7.92. The molecule has 0 spiro atoms. The number of aliphatic imine (C=N–C) groups is 1. The fourth-order valence-electron chi connectivity index (χ4n) is 4.17. The molecule has 0 saturated carbocycles. The normalized spacial score (nSPS) is 18.2. The van der Waals surface area contributed by atoms with Crippen LogP contribution in [-0.2, 0) is 11.8 Å². The van der Waals surface area contributed by atoms with Crippen molar-refractivity contribution in [3.63, 3.8) is 0 Å². The Balaban J connectivity index is 2.59. The fourth-order valence-corrected chi connectivity index (χ4v) is 4.17. The lowest BCUT2D eigenvalue weighted by molar-refractivity contribution is -0.104. The summed E-state index contributed by atoms with van der Waals surface area (Å²) < 4.78 is 2.04. The molecule has 0 aromatic carbocycles.